The molecule has 0 aliphatic heterocycles. The summed E-state index contributed by atoms with van der Waals surface area (Å²) in [5.41, 5.74) is 11.0. The summed E-state index contributed by atoms with van der Waals surface area (Å²) in [4.78, 5) is 0. The van der Waals surface area contributed by atoms with Gasteiger partial charge in [-0.15, -0.1) is 0 Å². The zero-order valence-corrected chi connectivity index (χ0v) is 12.3. The summed E-state index contributed by atoms with van der Waals surface area (Å²) in [5.74, 6) is 3.41. The van der Waals surface area contributed by atoms with Crippen LogP contribution in [-0.4, -0.2) is 0 Å². The molecule has 0 spiro atoms. The topological polar surface area (TPSA) is 78.3 Å². The highest BCUT2D eigenvalue weighted by Gasteiger charge is 2.34. The molecule has 0 amide bonds. The van der Waals surface area contributed by atoms with Crippen molar-refractivity contribution >= 4 is 0 Å². The molecular formula is C16H24N2O2. The van der Waals surface area contributed by atoms with Crippen molar-refractivity contribution in [3.05, 3.63) is 47.3 Å². The Morgan fingerprint density at radius 1 is 0.950 bits per heavy atom. The van der Waals surface area contributed by atoms with Crippen LogP contribution < -0.4 is 11.5 Å². The molecule has 0 aliphatic carbocycles. The summed E-state index contributed by atoms with van der Waals surface area (Å²) >= 11 is 0. The average molecular weight is 276 g/mol. The fourth-order valence-electron chi connectivity index (χ4n) is 2.47. The summed E-state index contributed by atoms with van der Waals surface area (Å²) in [6.07, 6.45) is 3.21. The maximum absolute atomic E-state index is 5.88. The first-order chi connectivity index (χ1) is 9.63. The van der Waals surface area contributed by atoms with E-state index in [9.17, 15) is 0 Å². The zero-order chi connectivity index (χ0) is 14.6. The third kappa shape index (κ3) is 2.81. The van der Waals surface area contributed by atoms with Gasteiger partial charge >= 0.3 is 0 Å². The number of hydrogen-bond acceptors (Lipinski definition) is 4. The SMILES string of the molecule is CCCCC(C)(c1ccc(CN)o1)c1ccc(CN)o1. The van der Waals surface area contributed by atoms with Gasteiger partial charge in [0, 0.05) is 0 Å². The molecule has 4 heteroatoms. The third-order valence-electron chi connectivity index (χ3n) is 3.84. The Morgan fingerprint density at radius 2 is 1.45 bits per heavy atom. The molecule has 0 atom stereocenters. The lowest BCUT2D eigenvalue weighted by Crippen LogP contribution is -2.22. The fraction of sp³-hybridized carbons (Fsp3) is 0.500. The van der Waals surface area contributed by atoms with Crippen LogP contribution in [0.2, 0.25) is 0 Å². The quantitative estimate of drug-likeness (QED) is 0.813. The van der Waals surface area contributed by atoms with E-state index in [4.69, 9.17) is 20.3 Å². The molecule has 0 unspecified atom stereocenters. The van der Waals surface area contributed by atoms with Crippen molar-refractivity contribution in [3.63, 3.8) is 0 Å². The van der Waals surface area contributed by atoms with Gasteiger partial charge in [-0.3, -0.25) is 0 Å². The number of nitrogens with two attached hydrogens (primary N) is 2. The van der Waals surface area contributed by atoms with Crippen molar-refractivity contribution in [2.24, 2.45) is 11.5 Å². The molecule has 4 nitrogen and oxygen atoms in total. The smallest absolute Gasteiger partial charge is 0.117 e. The molecule has 4 N–H and O–H groups in total. The normalized spacial score (nSPS) is 12.0. The van der Waals surface area contributed by atoms with Crippen LogP contribution in [0.5, 0.6) is 0 Å². The second-order valence-electron chi connectivity index (χ2n) is 5.38. The van der Waals surface area contributed by atoms with E-state index in [1.807, 2.05) is 24.3 Å². The van der Waals surface area contributed by atoms with Gasteiger partial charge in [0.25, 0.3) is 0 Å². The highest BCUT2D eigenvalue weighted by Crippen LogP contribution is 2.38. The molecule has 0 aliphatic rings. The second kappa shape index (κ2) is 6.29. The first-order valence-corrected chi connectivity index (χ1v) is 7.22. The monoisotopic (exact) mass is 276 g/mol. The van der Waals surface area contributed by atoms with Crippen LogP contribution >= 0.6 is 0 Å². The van der Waals surface area contributed by atoms with Gasteiger partial charge in [0.2, 0.25) is 0 Å². The minimum atomic E-state index is -0.267. The van der Waals surface area contributed by atoms with Gasteiger partial charge in [0.05, 0.1) is 18.5 Å². The summed E-state index contributed by atoms with van der Waals surface area (Å²) in [6.45, 7) is 5.16. The number of furan rings is 2. The lowest BCUT2D eigenvalue weighted by molar-refractivity contribution is 0.306. The highest BCUT2D eigenvalue weighted by molar-refractivity contribution is 5.29. The molecular weight excluding hydrogens is 252 g/mol. The van der Waals surface area contributed by atoms with E-state index in [2.05, 4.69) is 13.8 Å². The van der Waals surface area contributed by atoms with Crippen molar-refractivity contribution in [2.45, 2.75) is 51.6 Å². The van der Waals surface area contributed by atoms with E-state index in [0.717, 1.165) is 42.3 Å². The van der Waals surface area contributed by atoms with Crippen LogP contribution in [0.15, 0.2) is 33.1 Å². The van der Waals surface area contributed by atoms with Crippen molar-refractivity contribution in [1.29, 1.82) is 0 Å². The molecule has 2 aromatic rings. The van der Waals surface area contributed by atoms with Crippen molar-refractivity contribution in [2.75, 3.05) is 0 Å². The molecule has 2 heterocycles. The maximum Gasteiger partial charge on any atom is 0.117 e. The van der Waals surface area contributed by atoms with E-state index in [0.29, 0.717) is 13.1 Å². The Balaban J connectivity index is 2.38. The van der Waals surface area contributed by atoms with Gasteiger partial charge in [-0.05, 0) is 37.6 Å². The van der Waals surface area contributed by atoms with E-state index in [1.165, 1.54) is 0 Å². The van der Waals surface area contributed by atoms with Crippen LogP contribution in [0, 0.1) is 0 Å². The zero-order valence-electron chi connectivity index (χ0n) is 12.3. The molecule has 20 heavy (non-hydrogen) atoms. The Kier molecular flexibility index (Phi) is 4.68. The number of rotatable bonds is 7. The number of hydrogen-bond donors (Lipinski definition) is 2. The summed E-state index contributed by atoms with van der Waals surface area (Å²) in [5, 5.41) is 0. The average Bonchev–Trinajstić information content (AvgIpc) is 3.13. The van der Waals surface area contributed by atoms with E-state index in [-0.39, 0.29) is 5.41 Å². The largest absolute Gasteiger partial charge is 0.464 e. The molecule has 0 radical (unpaired) electrons. The van der Waals surface area contributed by atoms with Crippen molar-refractivity contribution < 1.29 is 8.83 Å². The Bertz CT molecular complexity index is 500. The lowest BCUT2D eigenvalue weighted by atomic mass is 9.80. The van der Waals surface area contributed by atoms with Crippen LogP contribution in [-0.2, 0) is 18.5 Å². The Labute approximate surface area is 120 Å². The van der Waals surface area contributed by atoms with Crippen molar-refractivity contribution in [1.82, 2.24) is 0 Å². The van der Waals surface area contributed by atoms with Crippen LogP contribution in [0.3, 0.4) is 0 Å². The van der Waals surface area contributed by atoms with Crippen LogP contribution in [0.1, 0.15) is 56.2 Å². The predicted octanol–water partition coefficient (Wildman–Crippen LogP) is 3.29. The molecule has 0 aromatic carbocycles. The second-order valence-corrected chi connectivity index (χ2v) is 5.38. The number of unbranched alkanes of at least 4 members (excludes halogenated alkanes) is 1. The van der Waals surface area contributed by atoms with E-state index in [1.54, 1.807) is 0 Å². The van der Waals surface area contributed by atoms with Gasteiger partial charge in [0.1, 0.15) is 23.0 Å². The highest BCUT2D eigenvalue weighted by atomic mass is 16.4. The van der Waals surface area contributed by atoms with E-state index >= 15 is 0 Å². The first-order valence-electron chi connectivity index (χ1n) is 7.22. The standard InChI is InChI=1S/C16H24N2O2/c1-3-4-9-16(2,14-7-5-12(10-17)19-14)15-8-6-13(11-18)20-15/h5-8H,3-4,9-11,17-18H2,1-2H3. The van der Waals surface area contributed by atoms with Crippen LogP contribution in [0.25, 0.3) is 0 Å². The Morgan fingerprint density at radius 3 is 1.80 bits per heavy atom. The fourth-order valence-corrected chi connectivity index (χ4v) is 2.47. The molecule has 0 saturated carbocycles. The molecule has 2 aromatic heterocycles. The van der Waals surface area contributed by atoms with Gasteiger partial charge < -0.3 is 20.3 Å². The minimum absolute atomic E-state index is 0.267. The third-order valence-corrected chi connectivity index (χ3v) is 3.84. The van der Waals surface area contributed by atoms with Gasteiger partial charge in [-0.1, -0.05) is 19.8 Å². The van der Waals surface area contributed by atoms with Crippen LogP contribution in [0.4, 0.5) is 0 Å². The van der Waals surface area contributed by atoms with Gasteiger partial charge in [-0.2, -0.15) is 0 Å². The maximum atomic E-state index is 5.88. The van der Waals surface area contributed by atoms with Gasteiger partial charge in [-0.25, -0.2) is 0 Å². The first kappa shape index (κ1) is 14.9. The predicted molar refractivity (Wildman–Crippen MR) is 79.2 cm³/mol. The molecule has 0 fully saturated rings. The van der Waals surface area contributed by atoms with E-state index < -0.39 is 0 Å². The Hall–Kier alpha value is -1.52. The molecule has 0 saturated heterocycles. The summed E-state index contributed by atoms with van der Waals surface area (Å²) in [6, 6.07) is 7.88. The minimum Gasteiger partial charge on any atom is -0.464 e. The summed E-state index contributed by atoms with van der Waals surface area (Å²) in [7, 11) is 0. The van der Waals surface area contributed by atoms with Crippen molar-refractivity contribution in [3.8, 4) is 0 Å². The molecule has 0 bridgehead atoms. The molecule has 2 rings (SSSR count). The molecule has 110 valence electrons. The lowest BCUT2D eigenvalue weighted by Gasteiger charge is -2.25. The van der Waals surface area contributed by atoms with Gasteiger partial charge in [0.15, 0.2) is 0 Å². The summed E-state index contributed by atoms with van der Waals surface area (Å²) < 4.78 is 11.8.